The van der Waals surface area contributed by atoms with Crippen LogP contribution in [0.4, 0.5) is 26.3 Å². The zero-order chi connectivity index (χ0) is 25.1. The molecule has 0 rings (SSSR count). The summed E-state index contributed by atoms with van der Waals surface area (Å²) in [6.45, 7) is 2.11. The van der Waals surface area contributed by atoms with E-state index in [2.05, 4.69) is 5.73 Å². The number of carboxylic acid groups (broad SMARTS) is 1. The Bertz CT molecular complexity index is 552. The normalized spacial score (nSPS) is 10.7. The summed E-state index contributed by atoms with van der Waals surface area (Å²) in [6, 6.07) is 0. The van der Waals surface area contributed by atoms with E-state index in [1.165, 1.54) is 0 Å². The van der Waals surface area contributed by atoms with Gasteiger partial charge in [-0.2, -0.15) is 26.3 Å². The third-order valence-corrected chi connectivity index (χ3v) is 2.21. The minimum absolute atomic E-state index is 0. The minimum atomic E-state index is -6.09. The molecule has 0 aromatic carbocycles. The quantitative estimate of drug-likeness (QED) is 0.115. The monoisotopic (exact) mass is 552 g/mol. The summed E-state index contributed by atoms with van der Waals surface area (Å²) < 4.78 is 118. The van der Waals surface area contributed by atoms with Crippen molar-refractivity contribution in [3.63, 3.8) is 0 Å². The van der Waals surface area contributed by atoms with Crippen molar-refractivity contribution in [1.29, 1.82) is 0 Å². The van der Waals surface area contributed by atoms with Gasteiger partial charge in [-0.25, -0.2) is 16.8 Å². The summed E-state index contributed by atoms with van der Waals surface area (Å²) in [5.74, 6) is -0.968. The molecule has 0 spiro atoms. The maximum absolute atomic E-state index is 10.7. The van der Waals surface area contributed by atoms with Crippen molar-refractivity contribution < 1.29 is 79.0 Å². The summed E-state index contributed by atoms with van der Waals surface area (Å²) in [4.78, 5) is 9.24. The van der Waals surface area contributed by atoms with Gasteiger partial charge >= 0.3 is 33.8 Å². The molecule has 0 heterocycles. The molecule has 0 bridgehead atoms. The molecular formula is C8H21CoF6N5O8S2. The van der Waals surface area contributed by atoms with Crippen molar-refractivity contribution in [2.24, 2.45) is 28.7 Å². The molecule has 0 saturated heterocycles. The van der Waals surface area contributed by atoms with Gasteiger partial charge in [0.05, 0.1) is 6.54 Å². The number of hydrogen-bond donors (Lipinski definition) is 6. The molecule has 0 aliphatic carbocycles. The molecular weight excluding hydrogens is 531 g/mol. The Kier molecular flexibility index (Phi) is 30.8. The summed E-state index contributed by atoms with van der Waals surface area (Å²) in [6.07, 6.45) is 0. The zero-order valence-corrected chi connectivity index (χ0v) is 17.3. The largest absolute Gasteiger partial charge is 2.00 e. The van der Waals surface area contributed by atoms with Crippen molar-refractivity contribution in [1.82, 2.24) is 0 Å². The Labute approximate surface area is 178 Å². The van der Waals surface area contributed by atoms with E-state index in [-0.39, 0.29) is 23.3 Å². The van der Waals surface area contributed by atoms with E-state index in [9.17, 15) is 31.1 Å². The first-order chi connectivity index (χ1) is 12.6. The van der Waals surface area contributed by atoms with Gasteiger partial charge in [0.25, 0.3) is 0 Å². The van der Waals surface area contributed by atoms with Crippen molar-refractivity contribution in [3.8, 4) is 0 Å². The minimum Gasteiger partial charge on any atom is -0.741 e. The molecule has 0 aromatic heterocycles. The van der Waals surface area contributed by atoms with Crippen molar-refractivity contribution in [2.75, 3.05) is 32.7 Å². The Morgan fingerprint density at radius 2 is 0.800 bits per heavy atom. The third kappa shape index (κ3) is 41.5. The first-order valence-corrected chi connectivity index (χ1v) is 9.18. The van der Waals surface area contributed by atoms with E-state index in [1.807, 2.05) is 0 Å². The number of aliphatic carboxylic acids is 1. The van der Waals surface area contributed by atoms with E-state index in [0.717, 1.165) is 0 Å². The van der Waals surface area contributed by atoms with Gasteiger partial charge in [0, 0.05) is 26.2 Å². The molecule has 0 saturated carbocycles. The molecule has 0 aliphatic rings. The van der Waals surface area contributed by atoms with E-state index >= 15 is 0 Å². The van der Waals surface area contributed by atoms with Crippen LogP contribution < -0.4 is 28.7 Å². The Morgan fingerprint density at radius 1 is 0.700 bits per heavy atom. The second-order valence-electron chi connectivity index (χ2n) is 3.55. The van der Waals surface area contributed by atoms with Gasteiger partial charge in [0.15, 0.2) is 20.2 Å². The maximum Gasteiger partial charge on any atom is 2.00 e. The van der Waals surface area contributed by atoms with Gasteiger partial charge in [-0.05, 0) is 0 Å². The van der Waals surface area contributed by atoms with E-state index in [1.54, 1.807) is 0 Å². The number of rotatable bonds is 3. The molecule has 13 nitrogen and oxygen atoms in total. The number of carbonyl (C=O) groups is 1. The van der Waals surface area contributed by atoms with Crippen LogP contribution in [0.2, 0.25) is 0 Å². The van der Waals surface area contributed by atoms with Gasteiger partial charge in [0.1, 0.15) is 0 Å². The van der Waals surface area contributed by atoms with Crippen LogP contribution in [-0.4, -0.2) is 80.8 Å². The van der Waals surface area contributed by atoms with Crippen LogP contribution >= 0.6 is 0 Å². The number of carboxylic acids is 1. The van der Waals surface area contributed by atoms with Gasteiger partial charge in [-0.3, -0.25) is 4.79 Å². The fourth-order valence-corrected chi connectivity index (χ4v) is 0. The zero-order valence-electron chi connectivity index (χ0n) is 14.6. The second kappa shape index (κ2) is 21.4. The molecule has 11 N–H and O–H groups in total. The predicted octanol–water partition coefficient (Wildman–Crippen LogP) is -3.06. The topological polar surface area (TPSA) is 282 Å². The van der Waals surface area contributed by atoms with Crippen LogP contribution in [0, 0.1) is 0 Å². The number of nitrogens with two attached hydrogens (primary N) is 5. The summed E-state index contributed by atoms with van der Waals surface area (Å²) in [5, 5.41) is 7.60. The predicted molar refractivity (Wildman–Crippen MR) is 84.4 cm³/mol. The fraction of sp³-hybridized carbons (Fsp3) is 0.875. The van der Waals surface area contributed by atoms with Crippen LogP contribution in [0.5, 0.6) is 0 Å². The smallest absolute Gasteiger partial charge is 0.741 e. The molecule has 22 heteroatoms. The van der Waals surface area contributed by atoms with Crippen LogP contribution in [0.1, 0.15) is 0 Å². The Hall–Kier alpha value is -0.824. The summed E-state index contributed by atoms with van der Waals surface area (Å²) >= 11 is 0. The molecule has 1 radical (unpaired) electrons. The molecule has 0 atom stereocenters. The van der Waals surface area contributed by atoms with Crippen LogP contribution in [0.15, 0.2) is 0 Å². The van der Waals surface area contributed by atoms with Crippen molar-refractivity contribution in [3.05, 3.63) is 0 Å². The number of alkyl halides is 6. The van der Waals surface area contributed by atoms with Gasteiger partial charge in [-0.1, -0.05) is 0 Å². The van der Waals surface area contributed by atoms with Crippen molar-refractivity contribution >= 4 is 26.2 Å². The average molecular weight is 552 g/mol. The SMILES string of the molecule is NCC(=O)O.NCCN.NCCN.O=S(=O)([O-])C(F)(F)F.O=S(=O)([O-])C(F)(F)F.[Co+2]. The first-order valence-electron chi connectivity index (χ1n) is 6.36. The van der Waals surface area contributed by atoms with E-state index in [0.29, 0.717) is 26.2 Å². The fourth-order valence-electron chi connectivity index (χ4n) is 0. The van der Waals surface area contributed by atoms with Gasteiger partial charge in [0.2, 0.25) is 0 Å². The third-order valence-electron chi connectivity index (χ3n) is 1.07. The maximum atomic E-state index is 10.7. The molecule has 0 amide bonds. The van der Waals surface area contributed by atoms with Crippen LogP contribution in [0.3, 0.4) is 0 Å². The van der Waals surface area contributed by atoms with Crippen LogP contribution in [0.25, 0.3) is 0 Å². The van der Waals surface area contributed by atoms with Crippen LogP contribution in [-0.2, 0) is 41.8 Å². The standard InChI is InChI=1S/2C2H8N2.C2H5NO2.2CHF3O3S.Co/c2*3-1-2-4;3-1-2(4)5;2*2-1(3,4)8(5,6)7;/h2*1-4H2;1,3H2,(H,4,5);2*(H,5,6,7);/q;;;;;+2/p-2. The molecule has 189 valence electrons. The Balaban J connectivity index is -0.0000000616. The van der Waals surface area contributed by atoms with Gasteiger partial charge in [-0.15, -0.1) is 0 Å². The summed E-state index contributed by atoms with van der Waals surface area (Å²) in [7, 11) is -12.2. The van der Waals surface area contributed by atoms with Gasteiger partial charge < -0.3 is 42.9 Å². The van der Waals surface area contributed by atoms with E-state index in [4.69, 9.17) is 54.0 Å². The molecule has 0 fully saturated rings. The average Bonchev–Trinajstić information content (AvgIpc) is 2.52. The molecule has 0 aliphatic heterocycles. The van der Waals surface area contributed by atoms with Crippen molar-refractivity contribution in [2.45, 2.75) is 11.0 Å². The molecule has 0 aromatic rings. The first kappa shape index (κ1) is 43.1. The summed E-state index contributed by atoms with van der Waals surface area (Å²) in [5.41, 5.74) is 12.9. The molecule has 30 heavy (non-hydrogen) atoms. The van der Waals surface area contributed by atoms with E-state index < -0.39 is 37.2 Å². The number of hydrogen-bond acceptors (Lipinski definition) is 12. The Morgan fingerprint density at radius 3 is 0.800 bits per heavy atom. The molecule has 0 unspecified atom stereocenters. The second-order valence-corrected chi connectivity index (χ2v) is 6.29. The number of halogens is 6.